The largest absolute Gasteiger partial charge is 0.481 e. The topological polar surface area (TPSA) is 70.5 Å². The highest BCUT2D eigenvalue weighted by molar-refractivity contribution is 7.03. The Labute approximate surface area is 97.9 Å². The first-order valence-corrected chi connectivity index (χ1v) is 5.82. The molecule has 0 spiro atoms. The summed E-state index contributed by atoms with van der Waals surface area (Å²) in [6, 6.07) is 0. The van der Waals surface area contributed by atoms with Crippen molar-refractivity contribution in [2.45, 2.75) is 20.3 Å². The molecule has 1 rings (SSSR count). The minimum Gasteiger partial charge on any atom is -0.481 e. The number of nitrogens with zero attached hydrogens (tertiary/aromatic N) is 2. The van der Waals surface area contributed by atoms with Crippen LogP contribution in [-0.4, -0.2) is 39.3 Å². The zero-order valence-corrected chi connectivity index (χ0v) is 10.1. The monoisotopic (exact) mass is 242 g/mol. The fraction of sp³-hybridized carbons (Fsp3) is 0.500. The zero-order valence-electron chi connectivity index (χ0n) is 9.27. The van der Waals surface area contributed by atoms with Gasteiger partial charge in [-0.25, -0.2) is 0 Å². The molecule has 0 radical (unpaired) electrons. The maximum Gasteiger partial charge on any atom is 0.305 e. The summed E-state index contributed by atoms with van der Waals surface area (Å²) >= 11 is 1.23. The SMILES string of the molecule is CCN(CCC(=O)O)C(=O)c1csnc1C. The first-order chi connectivity index (χ1) is 7.56. The Kier molecular flexibility index (Phi) is 4.42. The smallest absolute Gasteiger partial charge is 0.305 e. The standard InChI is InChI=1S/C10H14N2O3S/c1-3-12(5-4-9(13)14)10(15)8-6-16-11-7(8)2/h6H,3-5H2,1-2H3,(H,13,14). The number of rotatable bonds is 5. The quantitative estimate of drug-likeness (QED) is 0.847. The molecule has 1 amide bonds. The highest BCUT2D eigenvalue weighted by atomic mass is 32.1. The molecule has 0 aliphatic rings. The molecule has 1 N–H and O–H groups in total. The number of hydrogen-bond acceptors (Lipinski definition) is 4. The van der Waals surface area contributed by atoms with Gasteiger partial charge in [-0.2, -0.15) is 4.37 Å². The third-order valence-corrected chi connectivity index (χ3v) is 2.97. The summed E-state index contributed by atoms with van der Waals surface area (Å²) in [6.45, 7) is 4.34. The first kappa shape index (κ1) is 12.6. The van der Waals surface area contributed by atoms with Crippen molar-refractivity contribution < 1.29 is 14.7 Å². The van der Waals surface area contributed by atoms with Crippen molar-refractivity contribution in [1.29, 1.82) is 0 Å². The van der Waals surface area contributed by atoms with Crippen molar-refractivity contribution >= 4 is 23.4 Å². The Hall–Kier alpha value is -1.43. The van der Waals surface area contributed by atoms with Crippen LogP contribution in [0.5, 0.6) is 0 Å². The predicted molar refractivity (Wildman–Crippen MR) is 60.7 cm³/mol. The van der Waals surface area contributed by atoms with Gasteiger partial charge >= 0.3 is 5.97 Å². The van der Waals surface area contributed by atoms with E-state index in [1.54, 1.807) is 12.3 Å². The van der Waals surface area contributed by atoms with E-state index in [1.807, 2.05) is 6.92 Å². The van der Waals surface area contributed by atoms with Gasteiger partial charge in [0.15, 0.2) is 0 Å². The van der Waals surface area contributed by atoms with Gasteiger partial charge in [0.1, 0.15) is 0 Å². The van der Waals surface area contributed by atoms with Gasteiger partial charge in [0.05, 0.1) is 17.7 Å². The molecule has 0 unspecified atom stereocenters. The number of carbonyl (C=O) groups is 2. The average Bonchev–Trinajstić information content (AvgIpc) is 2.64. The maximum absolute atomic E-state index is 12.0. The van der Waals surface area contributed by atoms with Gasteiger partial charge in [-0.15, -0.1) is 0 Å². The van der Waals surface area contributed by atoms with Crippen LogP contribution in [0.25, 0.3) is 0 Å². The van der Waals surface area contributed by atoms with E-state index in [2.05, 4.69) is 4.37 Å². The fourth-order valence-electron chi connectivity index (χ4n) is 1.30. The highest BCUT2D eigenvalue weighted by Gasteiger charge is 2.18. The molecular formula is C10H14N2O3S. The van der Waals surface area contributed by atoms with Crippen LogP contribution in [0.3, 0.4) is 0 Å². The lowest BCUT2D eigenvalue weighted by atomic mass is 10.2. The lowest BCUT2D eigenvalue weighted by Crippen LogP contribution is -2.33. The molecule has 0 aromatic carbocycles. The second-order valence-corrected chi connectivity index (χ2v) is 3.97. The predicted octanol–water partition coefficient (Wildman–Crippen LogP) is 1.39. The van der Waals surface area contributed by atoms with E-state index < -0.39 is 5.97 Å². The zero-order chi connectivity index (χ0) is 12.1. The van der Waals surface area contributed by atoms with Crippen LogP contribution >= 0.6 is 11.5 Å². The molecule has 0 fully saturated rings. The molecule has 0 saturated carbocycles. The lowest BCUT2D eigenvalue weighted by molar-refractivity contribution is -0.137. The van der Waals surface area contributed by atoms with Crippen LogP contribution in [0, 0.1) is 6.92 Å². The molecule has 0 saturated heterocycles. The first-order valence-electron chi connectivity index (χ1n) is 4.98. The van der Waals surface area contributed by atoms with Crippen LogP contribution in [0.15, 0.2) is 5.38 Å². The minimum atomic E-state index is -0.897. The number of carboxylic acids is 1. The summed E-state index contributed by atoms with van der Waals surface area (Å²) in [4.78, 5) is 23.9. The Morgan fingerprint density at radius 1 is 1.56 bits per heavy atom. The van der Waals surface area contributed by atoms with Crippen molar-refractivity contribution in [1.82, 2.24) is 9.27 Å². The fourth-order valence-corrected chi connectivity index (χ4v) is 1.99. The number of hydrogen-bond donors (Lipinski definition) is 1. The Morgan fingerprint density at radius 2 is 2.25 bits per heavy atom. The molecule has 0 atom stereocenters. The van der Waals surface area contributed by atoms with Crippen LogP contribution < -0.4 is 0 Å². The lowest BCUT2D eigenvalue weighted by Gasteiger charge is -2.19. The Bertz CT molecular complexity index is 389. The number of aliphatic carboxylic acids is 1. The van der Waals surface area contributed by atoms with Crippen molar-refractivity contribution in [3.63, 3.8) is 0 Å². The summed E-state index contributed by atoms with van der Waals surface area (Å²) in [6.07, 6.45) is -0.0316. The third kappa shape index (κ3) is 3.03. The van der Waals surface area contributed by atoms with Crippen molar-refractivity contribution in [2.75, 3.05) is 13.1 Å². The molecule has 1 heterocycles. The van der Waals surface area contributed by atoms with Crippen molar-refractivity contribution in [3.05, 3.63) is 16.6 Å². The van der Waals surface area contributed by atoms with E-state index in [1.165, 1.54) is 16.4 Å². The summed E-state index contributed by atoms with van der Waals surface area (Å²) in [5, 5.41) is 10.3. The molecule has 0 aliphatic carbocycles. The minimum absolute atomic E-state index is 0.0316. The Morgan fingerprint density at radius 3 is 2.69 bits per heavy atom. The molecule has 0 bridgehead atoms. The third-order valence-electron chi connectivity index (χ3n) is 2.24. The molecular weight excluding hydrogens is 228 g/mol. The van der Waals surface area contributed by atoms with E-state index >= 15 is 0 Å². The molecule has 5 nitrogen and oxygen atoms in total. The number of amides is 1. The van der Waals surface area contributed by atoms with E-state index in [0.717, 1.165) is 0 Å². The molecule has 88 valence electrons. The van der Waals surface area contributed by atoms with Gasteiger partial charge in [-0.1, -0.05) is 0 Å². The number of carbonyl (C=O) groups excluding carboxylic acids is 1. The van der Waals surface area contributed by atoms with Crippen LogP contribution in [0.2, 0.25) is 0 Å². The number of aromatic nitrogens is 1. The number of carboxylic acid groups (broad SMARTS) is 1. The van der Waals surface area contributed by atoms with E-state index in [-0.39, 0.29) is 18.9 Å². The summed E-state index contributed by atoms with van der Waals surface area (Å²) in [5.74, 6) is -1.04. The molecule has 1 aromatic heterocycles. The van der Waals surface area contributed by atoms with Gasteiger partial charge in [-0.3, -0.25) is 9.59 Å². The average molecular weight is 242 g/mol. The van der Waals surface area contributed by atoms with Gasteiger partial charge in [0.25, 0.3) is 5.91 Å². The van der Waals surface area contributed by atoms with Crippen LogP contribution in [0.1, 0.15) is 29.4 Å². The van der Waals surface area contributed by atoms with E-state index in [0.29, 0.717) is 17.8 Å². The molecule has 6 heteroatoms. The second-order valence-electron chi connectivity index (χ2n) is 3.34. The van der Waals surface area contributed by atoms with Crippen molar-refractivity contribution in [2.24, 2.45) is 0 Å². The van der Waals surface area contributed by atoms with Gasteiger partial charge in [-0.05, 0) is 25.4 Å². The van der Waals surface area contributed by atoms with Crippen LogP contribution in [0.4, 0.5) is 0 Å². The molecule has 0 aliphatic heterocycles. The second kappa shape index (κ2) is 5.60. The molecule has 16 heavy (non-hydrogen) atoms. The summed E-state index contributed by atoms with van der Waals surface area (Å²) in [7, 11) is 0. The van der Waals surface area contributed by atoms with Crippen LogP contribution in [-0.2, 0) is 4.79 Å². The van der Waals surface area contributed by atoms with Crippen molar-refractivity contribution in [3.8, 4) is 0 Å². The normalized spacial score (nSPS) is 10.1. The van der Waals surface area contributed by atoms with E-state index in [9.17, 15) is 9.59 Å². The molecule has 1 aromatic rings. The van der Waals surface area contributed by atoms with Gasteiger partial charge < -0.3 is 10.0 Å². The maximum atomic E-state index is 12.0. The summed E-state index contributed by atoms with van der Waals surface area (Å²) < 4.78 is 4.03. The summed E-state index contributed by atoms with van der Waals surface area (Å²) in [5.41, 5.74) is 1.26. The number of aryl methyl sites for hydroxylation is 1. The van der Waals surface area contributed by atoms with E-state index in [4.69, 9.17) is 5.11 Å². The highest BCUT2D eigenvalue weighted by Crippen LogP contribution is 2.12. The van der Waals surface area contributed by atoms with Gasteiger partial charge in [0.2, 0.25) is 0 Å². The van der Waals surface area contributed by atoms with Gasteiger partial charge in [0, 0.05) is 18.5 Å². The Balaban J connectivity index is 2.70.